The third-order valence-corrected chi connectivity index (χ3v) is 3.76. The van der Waals surface area contributed by atoms with Crippen molar-refractivity contribution < 1.29 is 0 Å². The van der Waals surface area contributed by atoms with Crippen LogP contribution in [0.5, 0.6) is 0 Å². The molecule has 22 heavy (non-hydrogen) atoms. The van der Waals surface area contributed by atoms with E-state index >= 15 is 0 Å². The van der Waals surface area contributed by atoms with Gasteiger partial charge in [0.25, 0.3) is 0 Å². The third-order valence-electron chi connectivity index (χ3n) is 3.76. The zero-order valence-corrected chi connectivity index (χ0v) is 18.6. The molecule has 2 fully saturated rings. The molecule has 0 aromatic carbocycles. The van der Waals surface area contributed by atoms with E-state index in [4.69, 9.17) is 0 Å². The minimum Gasteiger partial charge on any atom is -0.300 e. The summed E-state index contributed by atoms with van der Waals surface area (Å²) in [5.41, 5.74) is 0.768. The van der Waals surface area contributed by atoms with Gasteiger partial charge >= 0.3 is 0 Å². The standard InChI is InChI=1S/C11H21N.C4H10.2C2H6.CH4S/c1-9(2)12-7-11(8-12)5-4-10(3)6-11;1-4(2)3;3*1-2/h9-10H,4-8H2,1-3H3;4H,1-3H3;2*1-2H3;2H,1H3. The topological polar surface area (TPSA) is 3.24 Å². The van der Waals surface area contributed by atoms with Crippen molar-refractivity contribution in [2.75, 3.05) is 19.3 Å². The summed E-state index contributed by atoms with van der Waals surface area (Å²) in [6.45, 7) is 24.3. The normalized spacial score (nSPS) is 21.3. The van der Waals surface area contributed by atoms with E-state index in [-0.39, 0.29) is 0 Å². The molecule has 138 valence electrons. The number of likely N-dealkylation sites (tertiary alicyclic amines) is 1. The summed E-state index contributed by atoms with van der Waals surface area (Å²) in [6, 6.07) is 0.770. The van der Waals surface area contributed by atoms with Gasteiger partial charge in [-0.05, 0) is 50.2 Å². The molecule has 1 saturated carbocycles. The van der Waals surface area contributed by atoms with Gasteiger partial charge in [0, 0.05) is 19.1 Å². The molecular formula is C20H47NS. The minimum atomic E-state index is 0.768. The second-order valence-corrected chi connectivity index (χ2v) is 7.08. The first-order valence-corrected chi connectivity index (χ1v) is 10.4. The Balaban J connectivity index is -0.000000307. The van der Waals surface area contributed by atoms with E-state index in [1.165, 1.54) is 32.4 Å². The van der Waals surface area contributed by atoms with Gasteiger partial charge in [-0.1, -0.05) is 61.8 Å². The van der Waals surface area contributed by atoms with Crippen LogP contribution in [0.15, 0.2) is 0 Å². The monoisotopic (exact) mass is 333 g/mol. The van der Waals surface area contributed by atoms with Crippen molar-refractivity contribution in [3.63, 3.8) is 0 Å². The number of rotatable bonds is 1. The molecule has 0 aromatic rings. The van der Waals surface area contributed by atoms with E-state index in [0.717, 1.165) is 23.3 Å². The maximum atomic E-state index is 3.53. The molecule has 0 aromatic heterocycles. The number of hydrogen-bond donors (Lipinski definition) is 1. The van der Waals surface area contributed by atoms with Crippen LogP contribution in [0.25, 0.3) is 0 Å². The highest BCUT2D eigenvalue weighted by Gasteiger charge is 2.47. The molecule has 1 unspecified atom stereocenters. The molecule has 0 amide bonds. The largest absolute Gasteiger partial charge is 0.300 e. The first kappa shape index (κ1) is 27.2. The van der Waals surface area contributed by atoms with Crippen LogP contribution in [-0.2, 0) is 0 Å². The van der Waals surface area contributed by atoms with Crippen LogP contribution in [-0.4, -0.2) is 30.3 Å². The summed E-state index contributed by atoms with van der Waals surface area (Å²) in [5, 5.41) is 0. The molecule has 0 radical (unpaired) electrons. The SMILES string of the molecule is CC.CC.CC(C)C.CC1CCC2(C1)CN(C(C)C)C2.CS. The molecule has 1 heterocycles. The second kappa shape index (κ2) is 16.2. The van der Waals surface area contributed by atoms with E-state index in [0.29, 0.717) is 0 Å². The van der Waals surface area contributed by atoms with Crippen LogP contribution in [0, 0.1) is 17.3 Å². The van der Waals surface area contributed by atoms with Gasteiger partial charge in [0.05, 0.1) is 0 Å². The van der Waals surface area contributed by atoms with Gasteiger partial charge in [0.1, 0.15) is 0 Å². The van der Waals surface area contributed by atoms with Gasteiger partial charge in [-0.15, -0.1) is 0 Å². The highest BCUT2D eigenvalue weighted by atomic mass is 32.1. The highest BCUT2D eigenvalue weighted by Crippen LogP contribution is 2.48. The lowest BCUT2D eigenvalue weighted by Gasteiger charge is -2.50. The lowest BCUT2D eigenvalue weighted by Crippen LogP contribution is -2.57. The molecular weight excluding hydrogens is 286 g/mol. The predicted molar refractivity (Wildman–Crippen MR) is 110 cm³/mol. The molecule has 1 nitrogen and oxygen atoms in total. The molecule has 0 bridgehead atoms. The number of hydrogen-bond acceptors (Lipinski definition) is 2. The summed E-state index contributed by atoms with van der Waals surface area (Å²) in [6.07, 6.45) is 6.17. The van der Waals surface area contributed by atoms with Gasteiger partial charge in [-0.3, -0.25) is 4.90 Å². The van der Waals surface area contributed by atoms with Crippen molar-refractivity contribution in [2.45, 2.75) is 94.5 Å². The van der Waals surface area contributed by atoms with E-state index in [9.17, 15) is 0 Å². The Hall–Kier alpha value is 0.310. The average Bonchev–Trinajstić information content (AvgIpc) is 2.86. The second-order valence-electron chi connectivity index (χ2n) is 7.08. The average molecular weight is 334 g/mol. The number of nitrogens with zero attached hydrogens (tertiary/aromatic N) is 1. The molecule has 1 atom stereocenters. The molecule has 1 saturated heterocycles. The van der Waals surface area contributed by atoms with E-state index in [1.807, 2.05) is 27.7 Å². The van der Waals surface area contributed by atoms with Crippen molar-refractivity contribution in [3.05, 3.63) is 0 Å². The first-order chi connectivity index (χ1) is 10.3. The minimum absolute atomic E-state index is 0.768. The van der Waals surface area contributed by atoms with Crippen LogP contribution in [0.3, 0.4) is 0 Å². The Bertz CT molecular complexity index is 205. The maximum Gasteiger partial charge on any atom is 0.00533 e. The Labute approximate surface area is 149 Å². The summed E-state index contributed by atoms with van der Waals surface area (Å²) in [7, 11) is 0. The summed E-state index contributed by atoms with van der Waals surface area (Å²) in [5.74, 6) is 1.83. The quantitative estimate of drug-likeness (QED) is 0.518. The van der Waals surface area contributed by atoms with Crippen molar-refractivity contribution in [1.82, 2.24) is 4.90 Å². The summed E-state index contributed by atoms with van der Waals surface area (Å²) in [4.78, 5) is 2.61. The molecule has 2 aliphatic rings. The highest BCUT2D eigenvalue weighted by molar-refractivity contribution is 7.79. The lowest BCUT2D eigenvalue weighted by atomic mass is 9.77. The predicted octanol–water partition coefficient (Wildman–Crippen LogP) is 6.78. The first-order valence-electron chi connectivity index (χ1n) is 9.53. The Morgan fingerprint density at radius 2 is 1.27 bits per heavy atom. The fraction of sp³-hybridized carbons (Fsp3) is 1.00. The Morgan fingerprint density at radius 1 is 0.909 bits per heavy atom. The van der Waals surface area contributed by atoms with Gasteiger partial charge in [0.2, 0.25) is 0 Å². The van der Waals surface area contributed by atoms with Crippen molar-refractivity contribution in [2.24, 2.45) is 17.3 Å². The van der Waals surface area contributed by atoms with Crippen LogP contribution in [0.2, 0.25) is 0 Å². The zero-order valence-electron chi connectivity index (χ0n) is 17.7. The third kappa shape index (κ3) is 11.8. The summed E-state index contributed by atoms with van der Waals surface area (Å²) < 4.78 is 0. The molecule has 2 heteroatoms. The van der Waals surface area contributed by atoms with Gasteiger partial charge < -0.3 is 0 Å². The van der Waals surface area contributed by atoms with Crippen molar-refractivity contribution >= 4 is 12.6 Å². The van der Waals surface area contributed by atoms with Crippen LogP contribution >= 0.6 is 12.6 Å². The van der Waals surface area contributed by atoms with Crippen molar-refractivity contribution in [3.8, 4) is 0 Å². The van der Waals surface area contributed by atoms with E-state index in [2.05, 4.69) is 59.1 Å². The summed E-state index contributed by atoms with van der Waals surface area (Å²) >= 11 is 3.53. The molecule has 1 aliphatic heterocycles. The van der Waals surface area contributed by atoms with E-state index in [1.54, 1.807) is 6.26 Å². The Morgan fingerprint density at radius 3 is 1.50 bits per heavy atom. The van der Waals surface area contributed by atoms with Crippen LogP contribution in [0.4, 0.5) is 0 Å². The van der Waals surface area contributed by atoms with Gasteiger partial charge in [-0.25, -0.2) is 0 Å². The smallest absolute Gasteiger partial charge is 0.00533 e. The molecule has 2 rings (SSSR count). The van der Waals surface area contributed by atoms with Crippen LogP contribution < -0.4 is 0 Å². The van der Waals surface area contributed by atoms with Gasteiger partial charge in [0.15, 0.2) is 0 Å². The van der Waals surface area contributed by atoms with Crippen LogP contribution in [0.1, 0.15) is 88.5 Å². The zero-order chi connectivity index (χ0) is 18.3. The lowest BCUT2D eigenvalue weighted by molar-refractivity contribution is -0.0189. The fourth-order valence-electron chi connectivity index (χ4n) is 2.96. The fourth-order valence-corrected chi connectivity index (χ4v) is 2.96. The van der Waals surface area contributed by atoms with Crippen molar-refractivity contribution in [1.29, 1.82) is 0 Å². The Kier molecular flexibility index (Phi) is 20.0. The maximum absolute atomic E-state index is 3.53. The van der Waals surface area contributed by atoms with Gasteiger partial charge in [-0.2, -0.15) is 12.6 Å². The molecule has 0 N–H and O–H groups in total. The molecule has 1 spiro atoms. The molecule has 1 aliphatic carbocycles. The number of thiol groups is 1. The van der Waals surface area contributed by atoms with E-state index < -0.39 is 0 Å².